The Kier molecular flexibility index (Phi) is 4.58. The fourth-order valence-electron chi connectivity index (χ4n) is 1.36. The monoisotopic (exact) mass is 261 g/mol. The molecule has 1 atom stereocenters. The van der Waals surface area contributed by atoms with Crippen LogP contribution in [0.2, 0.25) is 0 Å². The van der Waals surface area contributed by atoms with E-state index in [9.17, 15) is 18.0 Å². The standard InChI is InChI=1S/C12H14F3NO2/c1-8(11(17)18)5-6-16-10-4-2-3-9(7-10)12(13,14)15/h2-4,7-8,16H,5-6H2,1H3,(H,17,18). The lowest BCUT2D eigenvalue weighted by Crippen LogP contribution is -2.14. The van der Waals surface area contributed by atoms with E-state index in [1.165, 1.54) is 12.1 Å². The maximum atomic E-state index is 12.4. The van der Waals surface area contributed by atoms with E-state index in [1.807, 2.05) is 0 Å². The van der Waals surface area contributed by atoms with Crippen LogP contribution in [0.4, 0.5) is 18.9 Å². The summed E-state index contributed by atoms with van der Waals surface area (Å²) in [5.74, 6) is -1.44. The first kappa shape index (κ1) is 14.3. The molecule has 0 aliphatic heterocycles. The van der Waals surface area contributed by atoms with Crippen LogP contribution in [0, 0.1) is 5.92 Å². The van der Waals surface area contributed by atoms with Gasteiger partial charge in [-0.05, 0) is 24.6 Å². The number of alkyl halides is 3. The minimum atomic E-state index is -4.37. The van der Waals surface area contributed by atoms with Gasteiger partial charge in [0.05, 0.1) is 11.5 Å². The van der Waals surface area contributed by atoms with Crippen LogP contribution in [-0.4, -0.2) is 17.6 Å². The van der Waals surface area contributed by atoms with Crippen LogP contribution in [0.1, 0.15) is 18.9 Å². The molecule has 0 heterocycles. The molecule has 3 nitrogen and oxygen atoms in total. The van der Waals surface area contributed by atoms with Gasteiger partial charge < -0.3 is 10.4 Å². The van der Waals surface area contributed by atoms with Crippen LogP contribution < -0.4 is 5.32 Å². The van der Waals surface area contributed by atoms with Crippen LogP contribution in [0.15, 0.2) is 24.3 Å². The summed E-state index contributed by atoms with van der Waals surface area (Å²) < 4.78 is 37.3. The van der Waals surface area contributed by atoms with Crippen molar-refractivity contribution >= 4 is 11.7 Å². The molecule has 1 aromatic carbocycles. The van der Waals surface area contributed by atoms with E-state index in [0.29, 0.717) is 18.7 Å². The summed E-state index contributed by atoms with van der Waals surface area (Å²) in [6, 6.07) is 4.82. The summed E-state index contributed by atoms with van der Waals surface area (Å²) in [6.07, 6.45) is -4.02. The highest BCUT2D eigenvalue weighted by Gasteiger charge is 2.30. The summed E-state index contributed by atoms with van der Waals surface area (Å²) in [7, 11) is 0. The van der Waals surface area contributed by atoms with E-state index < -0.39 is 23.6 Å². The Morgan fingerprint density at radius 1 is 1.44 bits per heavy atom. The average molecular weight is 261 g/mol. The van der Waals surface area contributed by atoms with Gasteiger partial charge in [0.15, 0.2) is 0 Å². The highest BCUT2D eigenvalue weighted by molar-refractivity contribution is 5.69. The second kappa shape index (κ2) is 5.75. The molecule has 18 heavy (non-hydrogen) atoms. The van der Waals surface area contributed by atoms with Gasteiger partial charge in [0.1, 0.15) is 0 Å². The van der Waals surface area contributed by atoms with Gasteiger partial charge in [-0.3, -0.25) is 4.79 Å². The molecule has 0 saturated carbocycles. The Hall–Kier alpha value is -1.72. The van der Waals surface area contributed by atoms with Crippen molar-refractivity contribution in [2.24, 2.45) is 5.92 Å². The number of hydrogen-bond donors (Lipinski definition) is 2. The third-order valence-corrected chi connectivity index (χ3v) is 2.52. The predicted molar refractivity (Wildman–Crippen MR) is 61.4 cm³/mol. The molecule has 0 spiro atoms. The number of halogens is 3. The summed E-state index contributed by atoms with van der Waals surface area (Å²) in [6.45, 7) is 1.87. The van der Waals surface area contributed by atoms with Crippen LogP contribution in [0.5, 0.6) is 0 Å². The number of benzene rings is 1. The van der Waals surface area contributed by atoms with Crippen LogP contribution in [-0.2, 0) is 11.0 Å². The number of carboxylic acid groups (broad SMARTS) is 1. The van der Waals surface area contributed by atoms with E-state index in [4.69, 9.17) is 5.11 Å². The zero-order chi connectivity index (χ0) is 13.8. The predicted octanol–water partition coefficient (Wildman–Crippen LogP) is 3.23. The SMILES string of the molecule is CC(CCNc1cccc(C(F)(F)F)c1)C(=O)O. The Morgan fingerprint density at radius 3 is 2.67 bits per heavy atom. The van der Waals surface area contributed by atoms with E-state index in [0.717, 1.165) is 12.1 Å². The molecule has 0 saturated heterocycles. The number of anilines is 1. The number of rotatable bonds is 5. The van der Waals surface area contributed by atoms with Gasteiger partial charge in [-0.15, -0.1) is 0 Å². The lowest BCUT2D eigenvalue weighted by molar-refractivity contribution is -0.141. The summed E-state index contributed by atoms with van der Waals surface area (Å²) in [4.78, 5) is 10.6. The molecule has 0 aliphatic carbocycles. The van der Waals surface area contributed by atoms with Crippen molar-refractivity contribution in [1.82, 2.24) is 0 Å². The third kappa shape index (κ3) is 4.27. The molecular formula is C12H14F3NO2. The number of carboxylic acids is 1. The minimum absolute atomic E-state index is 0.314. The zero-order valence-corrected chi connectivity index (χ0v) is 9.79. The number of aliphatic carboxylic acids is 1. The van der Waals surface area contributed by atoms with Gasteiger partial charge in [0.25, 0.3) is 0 Å². The molecular weight excluding hydrogens is 247 g/mol. The van der Waals surface area contributed by atoms with Gasteiger partial charge in [0, 0.05) is 12.2 Å². The van der Waals surface area contributed by atoms with E-state index >= 15 is 0 Å². The zero-order valence-electron chi connectivity index (χ0n) is 9.79. The van der Waals surface area contributed by atoms with Crippen molar-refractivity contribution in [3.8, 4) is 0 Å². The fourth-order valence-corrected chi connectivity index (χ4v) is 1.36. The molecule has 100 valence electrons. The Labute approximate surface area is 103 Å². The Bertz CT molecular complexity index is 418. The van der Waals surface area contributed by atoms with Crippen molar-refractivity contribution in [2.45, 2.75) is 19.5 Å². The molecule has 0 radical (unpaired) electrons. The van der Waals surface area contributed by atoms with Crippen LogP contribution >= 0.6 is 0 Å². The average Bonchev–Trinajstić information content (AvgIpc) is 2.28. The van der Waals surface area contributed by atoms with Crippen LogP contribution in [0.25, 0.3) is 0 Å². The minimum Gasteiger partial charge on any atom is -0.481 e. The molecule has 1 aromatic rings. The maximum Gasteiger partial charge on any atom is 0.416 e. The number of hydrogen-bond acceptors (Lipinski definition) is 2. The van der Waals surface area contributed by atoms with Crippen molar-refractivity contribution < 1.29 is 23.1 Å². The van der Waals surface area contributed by atoms with Gasteiger partial charge in [-0.1, -0.05) is 13.0 Å². The molecule has 2 N–H and O–H groups in total. The van der Waals surface area contributed by atoms with Gasteiger partial charge >= 0.3 is 12.1 Å². The normalized spacial score (nSPS) is 13.1. The third-order valence-electron chi connectivity index (χ3n) is 2.52. The largest absolute Gasteiger partial charge is 0.481 e. The summed E-state index contributed by atoms with van der Waals surface area (Å²) >= 11 is 0. The molecule has 0 fully saturated rings. The van der Waals surface area contributed by atoms with Gasteiger partial charge in [0.2, 0.25) is 0 Å². The van der Waals surface area contributed by atoms with E-state index in [1.54, 1.807) is 6.92 Å². The molecule has 0 amide bonds. The van der Waals surface area contributed by atoms with Crippen molar-refractivity contribution in [3.63, 3.8) is 0 Å². The molecule has 0 bridgehead atoms. The van der Waals surface area contributed by atoms with Gasteiger partial charge in [-0.2, -0.15) is 13.2 Å². The molecule has 0 aliphatic rings. The lowest BCUT2D eigenvalue weighted by atomic mass is 10.1. The van der Waals surface area contributed by atoms with Crippen molar-refractivity contribution in [3.05, 3.63) is 29.8 Å². The van der Waals surface area contributed by atoms with Crippen molar-refractivity contribution in [1.29, 1.82) is 0 Å². The van der Waals surface area contributed by atoms with Crippen LogP contribution in [0.3, 0.4) is 0 Å². The first-order valence-electron chi connectivity index (χ1n) is 5.44. The summed E-state index contributed by atoms with van der Waals surface area (Å²) in [5, 5.41) is 11.4. The topological polar surface area (TPSA) is 49.3 Å². The number of carbonyl (C=O) groups is 1. The quantitative estimate of drug-likeness (QED) is 0.855. The second-order valence-corrected chi connectivity index (χ2v) is 4.03. The fraction of sp³-hybridized carbons (Fsp3) is 0.417. The molecule has 1 rings (SSSR count). The van der Waals surface area contributed by atoms with Crippen molar-refractivity contribution in [2.75, 3.05) is 11.9 Å². The van der Waals surface area contributed by atoms with E-state index in [-0.39, 0.29) is 0 Å². The maximum absolute atomic E-state index is 12.4. The highest BCUT2D eigenvalue weighted by atomic mass is 19.4. The highest BCUT2D eigenvalue weighted by Crippen LogP contribution is 2.30. The Balaban J connectivity index is 2.56. The molecule has 0 aromatic heterocycles. The van der Waals surface area contributed by atoms with E-state index in [2.05, 4.69) is 5.32 Å². The molecule has 6 heteroatoms. The first-order valence-corrected chi connectivity index (χ1v) is 5.44. The lowest BCUT2D eigenvalue weighted by Gasteiger charge is -2.11. The molecule has 1 unspecified atom stereocenters. The second-order valence-electron chi connectivity index (χ2n) is 4.03. The smallest absolute Gasteiger partial charge is 0.416 e. The first-order chi connectivity index (χ1) is 8.30. The van der Waals surface area contributed by atoms with Gasteiger partial charge in [-0.25, -0.2) is 0 Å². The number of nitrogens with one attached hydrogen (secondary N) is 1. The Morgan fingerprint density at radius 2 is 2.11 bits per heavy atom. The summed E-state index contributed by atoms with van der Waals surface area (Å²) in [5.41, 5.74) is -0.388.